The second kappa shape index (κ2) is 7.22. The van der Waals surface area contributed by atoms with Crippen molar-refractivity contribution in [2.24, 2.45) is 11.8 Å². The van der Waals surface area contributed by atoms with Crippen LogP contribution in [0.25, 0.3) is 0 Å². The summed E-state index contributed by atoms with van der Waals surface area (Å²) < 4.78 is 35.5. The van der Waals surface area contributed by atoms with Gasteiger partial charge in [-0.1, -0.05) is 6.42 Å². The van der Waals surface area contributed by atoms with Crippen molar-refractivity contribution in [3.05, 3.63) is 11.9 Å². The molecule has 0 radical (unpaired) electrons. The Morgan fingerprint density at radius 3 is 2.42 bits per heavy atom. The molecule has 3 fully saturated rings. The molecule has 2 bridgehead atoms. The van der Waals surface area contributed by atoms with E-state index in [1.807, 2.05) is 6.92 Å². The van der Waals surface area contributed by atoms with Crippen LogP contribution in [0, 0.1) is 18.8 Å². The van der Waals surface area contributed by atoms with Crippen LogP contribution >= 0.6 is 0 Å². The monoisotopic (exact) mass is 382 g/mol. The van der Waals surface area contributed by atoms with Crippen LogP contribution in [0.2, 0.25) is 0 Å². The maximum Gasteiger partial charge on any atom is 0.246 e. The first-order chi connectivity index (χ1) is 12.5. The first-order valence-corrected chi connectivity index (χ1v) is 11.3. The topological polar surface area (TPSA) is 67.7 Å². The van der Waals surface area contributed by atoms with E-state index in [2.05, 4.69) is 10.00 Å². The summed E-state index contributed by atoms with van der Waals surface area (Å²) in [4.78, 5) is 2.93. The van der Waals surface area contributed by atoms with E-state index in [0.717, 1.165) is 39.1 Å². The van der Waals surface area contributed by atoms with E-state index in [1.54, 1.807) is 22.1 Å². The molecule has 3 aliphatic rings. The molecule has 3 atom stereocenters. The number of morpholine rings is 1. The van der Waals surface area contributed by atoms with Crippen molar-refractivity contribution in [3.63, 3.8) is 0 Å². The van der Waals surface area contributed by atoms with Gasteiger partial charge in [0.1, 0.15) is 4.90 Å². The Hall–Kier alpha value is -0.960. The SMILES string of the molecule is CCn1cc(S(=O)(=O)N2C[C@H]3CCC[C@@H](C2)C3N2CCOCC2)c(C)n1. The summed E-state index contributed by atoms with van der Waals surface area (Å²) in [7, 11) is -3.47. The average molecular weight is 383 g/mol. The van der Waals surface area contributed by atoms with E-state index < -0.39 is 10.0 Å². The van der Waals surface area contributed by atoms with E-state index in [-0.39, 0.29) is 0 Å². The Morgan fingerprint density at radius 1 is 1.19 bits per heavy atom. The third-order valence-electron chi connectivity index (χ3n) is 6.30. The number of aromatic nitrogens is 2. The molecule has 0 aromatic carbocycles. The molecular formula is C18H30N4O3S. The molecule has 7 nitrogen and oxygen atoms in total. The first-order valence-electron chi connectivity index (χ1n) is 9.86. The zero-order valence-corrected chi connectivity index (χ0v) is 16.6. The number of nitrogens with zero attached hydrogens (tertiary/aromatic N) is 4. The van der Waals surface area contributed by atoms with Crippen molar-refractivity contribution < 1.29 is 13.2 Å². The summed E-state index contributed by atoms with van der Waals surface area (Å²) >= 11 is 0. The number of ether oxygens (including phenoxy) is 1. The maximum atomic E-state index is 13.3. The van der Waals surface area contributed by atoms with Crippen LogP contribution in [0.3, 0.4) is 0 Å². The zero-order valence-electron chi connectivity index (χ0n) is 15.8. The number of sulfonamides is 1. The van der Waals surface area contributed by atoms with Gasteiger partial charge in [-0.05, 0) is 38.5 Å². The predicted molar refractivity (Wildman–Crippen MR) is 98.4 cm³/mol. The summed E-state index contributed by atoms with van der Waals surface area (Å²) in [5.41, 5.74) is 0.604. The minimum Gasteiger partial charge on any atom is -0.379 e. The lowest BCUT2D eigenvalue weighted by Gasteiger charge is -2.51. The van der Waals surface area contributed by atoms with E-state index in [4.69, 9.17) is 4.74 Å². The van der Waals surface area contributed by atoms with E-state index >= 15 is 0 Å². The van der Waals surface area contributed by atoms with Crippen molar-refractivity contribution in [3.8, 4) is 0 Å². The predicted octanol–water partition coefficient (Wildman–Crippen LogP) is 1.33. The Morgan fingerprint density at radius 2 is 1.85 bits per heavy atom. The maximum absolute atomic E-state index is 13.3. The van der Waals surface area contributed by atoms with Crippen molar-refractivity contribution in [1.29, 1.82) is 0 Å². The molecule has 26 heavy (non-hydrogen) atoms. The Kier molecular flexibility index (Phi) is 5.11. The summed E-state index contributed by atoms with van der Waals surface area (Å²) in [6, 6.07) is 0.513. The highest BCUT2D eigenvalue weighted by molar-refractivity contribution is 7.89. The van der Waals surface area contributed by atoms with Gasteiger partial charge in [0.25, 0.3) is 0 Å². The highest BCUT2D eigenvalue weighted by Crippen LogP contribution is 2.40. The first kappa shape index (κ1) is 18.4. The van der Waals surface area contributed by atoms with Crippen LogP contribution in [-0.2, 0) is 21.3 Å². The number of fused-ring (bicyclic) bond motifs is 2. The number of aryl methyl sites for hydroxylation is 2. The summed E-state index contributed by atoms with van der Waals surface area (Å²) in [5, 5.41) is 4.34. The Bertz CT molecular complexity index is 728. The van der Waals surface area contributed by atoms with Gasteiger partial charge < -0.3 is 4.74 Å². The summed E-state index contributed by atoms with van der Waals surface area (Å²) in [6.07, 6.45) is 5.15. The van der Waals surface area contributed by atoms with Gasteiger partial charge in [0.15, 0.2) is 0 Å². The number of hydrogen-bond donors (Lipinski definition) is 0. The molecule has 1 saturated carbocycles. The highest BCUT2D eigenvalue weighted by atomic mass is 32.2. The molecule has 4 rings (SSSR count). The Labute approximate surface area is 156 Å². The third kappa shape index (κ3) is 3.21. The smallest absolute Gasteiger partial charge is 0.246 e. The molecule has 2 aliphatic heterocycles. The third-order valence-corrected chi connectivity index (χ3v) is 8.24. The molecule has 0 N–H and O–H groups in total. The minimum atomic E-state index is -3.47. The molecule has 1 aliphatic carbocycles. The van der Waals surface area contributed by atoms with Gasteiger partial charge in [-0.15, -0.1) is 0 Å². The standard InChI is InChI=1S/C18H30N4O3S/c1-3-21-13-17(14(2)19-21)26(23,24)22-11-15-5-4-6-16(12-22)18(15)20-7-9-25-10-8-20/h13,15-16,18H,3-12H2,1-2H3/t15-,16+,18?. The second-order valence-corrected chi connectivity index (χ2v) is 9.75. The number of piperidine rings is 1. The molecule has 3 heterocycles. The van der Waals surface area contributed by atoms with E-state index in [0.29, 0.717) is 48.1 Å². The van der Waals surface area contributed by atoms with Crippen LogP contribution in [0.5, 0.6) is 0 Å². The van der Waals surface area contributed by atoms with Gasteiger partial charge in [0, 0.05) is 45.0 Å². The molecule has 0 spiro atoms. The zero-order chi connectivity index (χ0) is 18.3. The fraction of sp³-hybridized carbons (Fsp3) is 0.833. The van der Waals surface area contributed by atoms with Crippen molar-refractivity contribution in [1.82, 2.24) is 19.0 Å². The molecule has 2 saturated heterocycles. The molecule has 8 heteroatoms. The fourth-order valence-corrected chi connectivity index (χ4v) is 6.81. The van der Waals surface area contributed by atoms with Crippen LogP contribution in [0.15, 0.2) is 11.1 Å². The largest absolute Gasteiger partial charge is 0.379 e. The normalized spacial score (nSPS) is 31.2. The lowest BCUT2D eigenvalue weighted by atomic mass is 9.73. The lowest BCUT2D eigenvalue weighted by molar-refractivity contribution is -0.0480. The molecule has 0 amide bonds. The molecule has 1 aromatic rings. The van der Waals surface area contributed by atoms with Gasteiger partial charge in [-0.2, -0.15) is 9.40 Å². The fourth-order valence-electron chi connectivity index (χ4n) is 5.09. The average Bonchev–Trinajstić information content (AvgIpc) is 3.03. The van der Waals surface area contributed by atoms with E-state index in [1.165, 1.54) is 6.42 Å². The van der Waals surface area contributed by atoms with Gasteiger partial charge in [-0.25, -0.2) is 8.42 Å². The summed E-state index contributed by atoms with van der Waals surface area (Å²) in [6.45, 7) is 9.28. The quantitative estimate of drug-likeness (QED) is 0.786. The summed E-state index contributed by atoms with van der Waals surface area (Å²) in [5.74, 6) is 0.855. The minimum absolute atomic E-state index is 0.377. The van der Waals surface area contributed by atoms with Crippen LogP contribution in [0.1, 0.15) is 31.9 Å². The lowest BCUT2D eigenvalue weighted by Crippen LogP contribution is -2.60. The van der Waals surface area contributed by atoms with Crippen molar-refractivity contribution >= 4 is 10.0 Å². The molecule has 146 valence electrons. The van der Waals surface area contributed by atoms with Gasteiger partial charge >= 0.3 is 0 Å². The van der Waals surface area contributed by atoms with Gasteiger partial charge in [-0.3, -0.25) is 9.58 Å². The van der Waals surface area contributed by atoms with Crippen LogP contribution in [0.4, 0.5) is 0 Å². The van der Waals surface area contributed by atoms with Crippen LogP contribution < -0.4 is 0 Å². The number of hydrogen-bond acceptors (Lipinski definition) is 5. The molecular weight excluding hydrogens is 352 g/mol. The second-order valence-electron chi connectivity index (χ2n) is 7.85. The van der Waals surface area contributed by atoms with E-state index in [9.17, 15) is 8.42 Å². The van der Waals surface area contributed by atoms with Crippen molar-refractivity contribution in [2.75, 3.05) is 39.4 Å². The van der Waals surface area contributed by atoms with Gasteiger partial charge in [0.05, 0.1) is 18.9 Å². The highest BCUT2D eigenvalue weighted by Gasteiger charge is 2.46. The number of rotatable bonds is 4. The van der Waals surface area contributed by atoms with Crippen molar-refractivity contribution in [2.45, 2.75) is 50.6 Å². The molecule has 1 unspecified atom stereocenters. The molecule has 1 aromatic heterocycles. The van der Waals surface area contributed by atoms with Crippen LogP contribution in [-0.4, -0.2) is 72.8 Å². The Balaban J connectivity index is 1.57. The van der Waals surface area contributed by atoms with Gasteiger partial charge in [0.2, 0.25) is 10.0 Å².